The van der Waals surface area contributed by atoms with Crippen molar-refractivity contribution in [2.45, 2.75) is 130 Å². The van der Waals surface area contributed by atoms with Gasteiger partial charge in [-0.3, -0.25) is 19.2 Å². The summed E-state index contributed by atoms with van der Waals surface area (Å²) in [5, 5.41) is 36.9. The molecule has 5 heterocycles. The summed E-state index contributed by atoms with van der Waals surface area (Å²) in [7, 11) is 0. The molecule has 3 atom stereocenters. The van der Waals surface area contributed by atoms with Crippen molar-refractivity contribution in [3.8, 4) is 39.5 Å². The van der Waals surface area contributed by atoms with E-state index in [-0.39, 0.29) is 62.6 Å². The Bertz CT molecular complexity index is 2660. The smallest absolute Gasteiger partial charge is 0.246 e. The van der Waals surface area contributed by atoms with Crippen LogP contribution in [0.3, 0.4) is 0 Å². The molecule has 376 valence electrons. The molecular formula is C49H65N11O9S. The van der Waals surface area contributed by atoms with E-state index in [1.54, 1.807) is 36.9 Å². The minimum Gasteiger partial charge on any atom is -0.490 e. The third-order valence-electron chi connectivity index (χ3n) is 11.6. The number of unbranched alkanes of at least 4 members (excludes halogenated alkanes) is 4. The lowest BCUT2D eigenvalue weighted by atomic mass is 9.85. The van der Waals surface area contributed by atoms with Crippen molar-refractivity contribution in [1.82, 2.24) is 50.7 Å². The lowest BCUT2D eigenvalue weighted by molar-refractivity contribution is -0.144. The molecule has 1 aliphatic rings. The summed E-state index contributed by atoms with van der Waals surface area (Å²) < 4.78 is 18.5. The summed E-state index contributed by atoms with van der Waals surface area (Å²) >= 11 is 1.56. The Hall–Kier alpha value is -6.47. The molecule has 1 aliphatic heterocycles. The van der Waals surface area contributed by atoms with Gasteiger partial charge in [0.15, 0.2) is 23.1 Å². The Labute approximate surface area is 411 Å². The molecule has 7 N–H and O–H groups in total. The largest absolute Gasteiger partial charge is 0.490 e. The second-order valence-electron chi connectivity index (χ2n) is 18.9. The zero-order chi connectivity index (χ0) is 50.6. The number of likely N-dealkylation sites (tertiary alicyclic amines) is 1. The highest BCUT2D eigenvalue weighted by atomic mass is 32.1. The molecule has 21 heteroatoms. The van der Waals surface area contributed by atoms with Gasteiger partial charge in [0.05, 0.1) is 41.6 Å². The summed E-state index contributed by atoms with van der Waals surface area (Å²) in [6.45, 7) is 13.6. The van der Waals surface area contributed by atoms with Gasteiger partial charge in [-0.1, -0.05) is 70.2 Å². The van der Waals surface area contributed by atoms with Gasteiger partial charge in [-0.05, 0) is 73.3 Å². The van der Waals surface area contributed by atoms with Gasteiger partial charge < -0.3 is 50.8 Å². The van der Waals surface area contributed by atoms with Crippen LogP contribution in [0, 0.1) is 24.2 Å². The first kappa shape index (κ1) is 52.9. The van der Waals surface area contributed by atoms with Crippen LogP contribution >= 0.6 is 11.3 Å². The van der Waals surface area contributed by atoms with Crippen LogP contribution in [0.1, 0.15) is 103 Å². The van der Waals surface area contributed by atoms with Crippen molar-refractivity contribution >= 4 is 51.8 Å². The quantitative estimate of drug-likeness (QED) is 0.0417. The van der Waals surface area contributed by atoms with Crippen LogP contribution in [0.4, 0.5) is 5.82 Å². The zero-order valence-corrected chi connectivity index (χ0v) is 41.8. The second-order valence-corrected chi connectivity index (χ2v) is 19.7. The summed E-state index contributed by atoms with van der Waals surface area (Å²) in [5.74, 6) is 5.25. The molecule has 1 aromatic carbocycles. The summed E-state index contributed by atoms with van der Waals surface area (Å²) in [5.41, 5.74) is 10.5. The number of nitrogens with zero attached hydrogens (tertiary/aromatic N) is 7. The molecule has 1 saturated heterocycles. The Kier molecular flexibility index (Phi) is 18.1. The van der Waals surface area contributed by atoms with E-state index in [4.69, 9.17) is 24.8 Å². The molecule has 4 amide bonds. The van der Waals surface area contributed by atoms with Gasteiger partial charge in [0.2, 0.25) is 23.6 Å². The van der Waals surface area contributed by atoms with Crippen molar-refractivity contribution in [1.29, 1.82) is 0 Å². The number of aliphatic hydroxyl groups excluding tert-OH is 1. The Morgan fingerprint density at radius 1 is 1.00 bits per heavy atom. The highest BCUT2D eigenvalue weighted by Crippen LogP contribution is 2.34. The van der Waals surface area contributed by atoms with Crippen molar-refractivity contribution in [2.24, 2.45) is 5.41 Å². The van der Waals surface area contributed by atoms with E-state index in [9.17, 15) is 29.4 Å². The standard InChI is InChI=1S/C49H65N11O9S/c1-8-59-41-36(26-52-34(19-20-49(6,7)66)39(41)56-45(59)40-44(50)58-69-57-40)68-22-13-11-9-10-12-14-37(62)51-21-23-67-28-38(63)55-43(48(3,4)5)47(65)60-27-33(61)24-35(60)46(64)53-25-31-15-17-32(18-16-31)42-30(2)54-29-70-42/h15-18,26,29,33,35,43,61,66H,8-14,21-25,27-28H2,1-7H3,(H2,50,58)(H,51,62)(H,53,64)(H,55,63)/t33-,35+,43-/m1/s1. The van der Waals surface area contributed by atoms with Crippen LogP contribution in [0.25, 0.3) is 33.0 Å². The van der Waals surface area contributed by atoms with E-state index in [0.717, 1.165) is 47.4 Å². The molecule has 0 radical (unpaired) electrons. The first-order valence-corrected chi connectivity index (χ1v) is 24.5. The maximum Gasteiger partial charge on any atom is 0.246 e. The predicted molar refractivity (Wildman–Crippen MR) is 263 cm³/mol. The molecule has 1 fully saturated rings. The van der Waals surface area contributed by atoms with E-state index < -0.39 is 41.0 Å². The molecule has 0 saturated carbocycles. The minimum absolute atomic E-state index is 0.0371. The number of pyridine rings is 1. The number of ether oxygens (including phenoxy) is 2. The van der Waals surface area contributed by atoms with E-state index in [0.29, 0.717) is 54.3 Å². The number of hydrogen-bond acceptors (Lipinski definition) is 16. The minimum atomic E-state index is -1.24. The van der Waals surface area contributed by atoms with Crippen LogP contribution in [0.2, 0.25) is 0 Å². The highest BCUT2D eigenvalue weighted by molar-refractivity contribution is 7.13. The Balaban J connectivity index is 0.873. The Morgan fingerprint density at radius 2 is 1.74 bits per heavy atom. The number of benzene rings is 1. The number of amides is 4. The normalized spacial score (nSPS) is 15.4. The molecule has 5 aromatic rings. The van der Waals surface area contributed by atoms with Gasteiger partial charge in [0.25, 0.3) is 0 Å². The maximum atomic E-state index is 14.0. The molecule has 0 aliphatic carbocycles. The Morgan fingerprint density at radius 3 is 2.41 bits per heavy atom. The molecule has 20 nitrogen and oxygen atoms in total. The number of β-amino-alcohol motifs (C(OH)–C–C–N with tert-alkyl or cyclic N) is 1. The van der Waals surface area contributed by atoms with Crippen molar-refractivity contribution in [3.63, 3.8) is 0 Å². The number of nitrogens with one attached hydrogen (secondary N) is 3. The first-order chi connectivity index (χ1) is 33.3. The number of aliphatic hydroxyl groups is 2. The summed E-state index contributed by atoms with van der Waals surface area (Å²) in [6.07, 6.45) is 5.23. The van der Waals surface area contributed by atoms with E-state index in [1.165, 1.54) is 4.90 Å². The fourth-order valence-corrected chi connectivity index (χ4v) is 8.77. The van der Waals surface area contributed by atoms with Gasteiger partial charge in [-0.25, -0.2) is 19.6 Å². The number of imidazole rings is 1. The van der Waals surface area contributed by atoms with Crippen molar-refractivity contribution in [2.75, 3.05) is 38.6 Å². The predicted octanol–water partition coefficient (Wildman–Crippen LogP) is 4.30. The van der Waals surface area contributed by atoms with E-state index in [1.807, 2.05) is 63.5 Å². The van der Waals surface area contributed by atoms with Gasteiger partial charge in [0, 0.05) is 39.0 Å². The summed E-state index contributed by atoms with van der Waals surface area (Å²) in [6, 6.07) is 5.92. The number of aromatic nitrogens is 6. The number of aryl methyl sites for hydroxylation is 2. The van der Waals surface area contributed by atoms with Gasteiger partial charge in [-0.15, -0.1) is 11.3 Å². The number of nitrogen functional groups attached to an aromatic ring is 1. The molecule has 0 bridgehead atoms. The first-order valence-electron chi connectivity index (χ1n) is 23.6. The van der Waals surface area contributed by atoms with Crippen molar-refractivity contribution in [3.05, 3.63) is 52.9 Å². The lowest BCUT2D eigenvalue weighted by Gasteiger charge is -2.35. The fraction of sp³-hybridized carbons (Fsp3) is 0.531. The SMILES string of the molecule is CCn1c(-c2nonc2N)nc2c(C#CC(C)(C)O)ncc(OCCCCCCCC(=O)NCCOCC(=O)N[C@H](C(=O)N3C[C@H](O)C[C@H]3C(=O)NCc3ccc(-c4scnc4C)cc3)C(C)(C)C)c21. The number of carbonyl (C=O) groups is 4. The van der Waals surface area contributed by atoms with E-state index >= 15 is 0 Å². The van der Waals surface area contributed by atoms with Crippen LogP contribution in [0.15, 0.2) is 40.6 Å². The van der Waals surface area contributed by atoms with Crippen LogP contribution in [0.5, 0.6) is 5.75 Å². The highest BCUT2D eigenvalue weighted by Gasteiger charge is 2.44. The number of anilines is 1. The van der Waals surface area contributed by atoms with Gasteiger partial charge in [0.1, 0.15) is 41.0 Å². The number of rotatable bonds is 22. The topological polar surface area (TPSA) is 275 Å². The fourth-order valence-electron chi connectivity index (χ4n) is 7.96. The number of thiazole rings is 1. The van der Waals surface area contributed by atoms with Gasteiger partial charge in [-0.2, -0.15) is 0 Å². The number of nitrogens with two attached hydrogens (primary N) is 1. The van der Waals surface area contributed by atoms with Crippen molar-refractivity contribution < 1.29 is 43.5 Å². The maximum absolute atomic E-state index is 14.0. The molecule has 4 aromatic heterocycles. The molecular weight excluding hydrogens is 919 g/mol. The summed E-state index contributed by atoms with van der Waals surface area (Å²) in [4.78, 5) is 68.9. The third kappa shape index (κ3) is 14.1. The monoisotopic (exact) mass is 983 g/mol. The zero-order valence-electron chi connectivity index (χ0n) is 41.0. The third-order valence-corrected chi connectivity index (χ3v) is 12.6. The number of hydrogen-bond donors (Lipinski definition) is 6. The van der Waals surface area contributed by atoms with Crippen LogP contribution in [-0.2, 0) is 37.0 Å². The average molecular weight is 984 g/mol. The second kappa shape index (κ2) is 23.9. The van der Waals surface area contributed by atoms with Gasteiger partial charge >= 0.3 is 0 Å². The van der Waals surface area contributed by atoms with Crippen LogP contribution < -0.4 is 26.4 Å². The average Bonchev–Trinajstić information content (AvgIpc) is 4.13. The van der Waals surface area contributed by atoms with E-state index in [2.05, 4.69) is 48.1 Å². The number of carbonyl (C=O) groups excluding carboxylic acids is 4. The number of fused-ring (bicyclic) bond motifs is 1. The lowest BCUT2D eigenvalue weighted by Crippen LogP contribution is -2.58. The molecule has 6 rings (SSSR count). The molecule has 70 heavy (non-hydrogen) atoms. The van der Waals surface area contributed by atoms with Crippen LogP contribution in [-0.4, -0.2) is 125 Å². The molecule has 0 unspecified atom stereocenters. The molecule has 0 spiro atoms.